The van der Waals surface area contributed by atoms with Gasteiger partial charge in [-0.05, 0) is 62.1 Å². The Morgan fingerprint density at radius 2 is 1.89 bits per heavy atom. The highest BCUT2D eigenvalue weighted by molar-refractivity contribution is 5.99. The first-order valence-electron chi connectivity index (χ1n) is 12.4. The van der Waals surface area contributed by atoms with Crippen LogP contribution in [0.15, 0.2) is 47.4 Å². The number of fused-ring (bicyclic) bond motifs is 1. The van der Waals surface area contributed by atoms with Gasteiger partial charge in [0.15, 0.2) is 5.65 Å². The van der Waals surface area contributed by atoms with Crippen LogP contribution in [-0.2, 0) is 10.2 Å². The molecule has 2 amide bonds. The fraction of sp³-hybridized carbons (Fsp3) is 0.393. The maximum atomic E-state index is 13.9. The fourth-order valence-corrected chi connectivity index (χ4v) is 4.85. The molecule has 9 heteroatoms. The van der Waals surface area contributed by atoms with Gasteiger partial charge in [-0.3, -0.25) is 14.5 Å². The molecule has 4 heterocycles. The molecule has 1 aromatic carbocycles. The van der Waals surface area contributed by atoms with Crippen LogP contribution in [0.3, 0.4) is 0 Å². The normalized spacial score (nSPS) is 17.6. The van der Waals surface area contributed by atoms with Gasteiger partial charge in [0.05, 0.1) is 11.9 Å². The molecule has 192 valence electrons. The number of piperazine rings is 1. The van der Waals surface area contributed by atoms with Gasteiger partial charge in [0.25, 0.3) is 11.8 Å². The molecular formula is C28H31FN6O2. The van der Waals surface area contributed by atoms with E-state index < -0.39 is 5.54 Å². The van der Waals surface area contributed by atoms with E-state index in [4.69, 9.17) is 10.1 Å². The van der Waals surface area contributed by atoms with Crippen LogP contribution in [0.1, 0.15) is 62.7 Å². The molecule has 0 unspecified atom stereocenters. The molecule has 8 nitrogen and oxygen atoms in total. The van der Waals surface area contributed by atoms with Crippen molar-refractivity contribution in [3.8, 4) is 11.3 Å². The molecule has 0 spiro atoms. The Morgan fingerprint density at radius 3 is 2.54 bits per heavy atom. The van der Waals surface area contributed by atoms with Gasteiger partial charge >= 0.3 is 0 Å². The van der Waals surface area contributed by atoms with Gasteiger partial charge in [-0.2, -0.15) is 5.10 Å². The molecule has 1 fully saturated rings. The molecule has 2 aliphatic heterocycles. The molecule has 2 aromatic heterocycles. The van der Waals surface area contributed by atoms with Gasteiger partial charge < -0.3 is 4.90 Å². The van der Waals surface area contributed by atoms with Crippen LogP contribution >= 0.6 is 0 Å². The van der Waals surface area contributed by atoms with Crippen LogP contribution in [-0.4, -0.2) is 61.1 Å². The number of carbonyl (C=O) groups is 2. The van der Waals surface area contributed by atoms with Crippen LogP contribution < -0.4 is 0 Å². The van der Waals surface area contributed by atoms with Gasteiger partial charge in [-0.1, -0.05) is 20.8 Å². The third kappa shape index (κ3) is 4.22. The summed E-state index contributed by atoms with van der Waals surface area (Å²) in [5, 5.41) is 4.72. The number of benzene rings is 1. The van der Waals surface area contributed by atoms with Crippen molar-refractivity contribution in [3.63, 3.8) is 0 Å². The third-order valence-corrected chi connectivity index (χ3v) is 7.05. The van der Waals surface area contributed by atoms with E-state index in [0.717, 1.165) is 11.1 Å². The molecule has 37 heavy (non-hydrogen) atoms. The summed E-state index contributed by atoms with van der Waals surface area (Å²) >= 11 is 0. The molecule has 3 aromatic rings. The van der Waals surface area contributed by atoms with Gasteiger partial charge in [0, 0.05) is 36.9 Å². The average molecular weight is 503 g/mol. The van der Waals surface area contributed by atoms with Crippen molar-refractivity contribution < 1.29 is 14.0 Å². The van der Waals surface area contributed by atoms with Gasteiger partial charge in [0.1, 0.15) is 22.9 Å². The number of halogens is 1. The summed E-state index contributed by atoms with van der Waals surface area (Å²) in [5.41, 5.74) is 2.31. The summed E-state index contributed by atoms with van der Waals surface area (Å²) in [6.07, 6.45) is 5.99. The highest BCUT2D eigenvalue weighted by Gasteiger charge is 2.46. The minimum Gasteiger partial charge on any atom is -0.321 e. The standard InChI is InChI=1S/C28H31FN6O2/c1-17-14-18(9-10-20(17)29)21-15-19(27(2,3)4)24-31-22(16-35(24)32-21)25(36)34-13-12-33(23-8-7-11-30-23)26(37)28(34,5)6/h8-11,14-16H,7,12-13H2,1-6H3. The molecule has 1 saturated heterocycles. The van der Waals surface area contributed by atoms with Crippen LogP contribution in [0.5, 0.6) is 0 Å². The zero-order valence-electron chi connectivity index (χ0n) is 22.0. The lowest BCUT2D eigenvalue weighted by Gasteiger charge is -2.45. The Balaban J connectivity index is 1.54. The van der Waals surface area contributed by atoms with E-state index >= 15 is 0 Å². The molecule has 0 aliphatic carbocycles. The first-order chi connectivity index (χ1) is 17.4. The van der Waals surface area contributed by atoms with Crippen LogP contribution in [0.4, 0.5) is 4.39 Å². The molecule has 0 saturated carbocycles. The lowest BCUT2D eigenvalue weighted by atomic mass is 9.87. The second kappa shape index (κ2) is 8.61. The number of amides is 2. The second-order valence-corrected chi connectivity index (χ2v) is 11.1. The first kappa shape index (κ1) is 24.8. The van der Waals surface area contributed by atoms with Gasteiger partial charge in [0.2, 0.25) is 0 Å². The number of aromatic nitrogens is 3. The first-order valence-corrected chi connectivity index (χ1v) is 12.4. The number of aliphatic imine (C=N–C) groups is 1. The summed E-state index contributed by atoms with van der Waals surface area (Å²) in [7, 11) is 0. The Bertz CT molecular complexity index is 1490. The van der Waals surface area contributed by atoms with Crippen LogP contribution in [0.2, 0.25) is 0 Å². The third-order valence-electron chi connectivity index (χ3n) is 7.05. The Labute approximate surface area is 215 Å². The zero-order chi connectivity index (χ0) is 26.7. The SMILES string of the molecule is Cc1cc(-c2cc(C(C)(C)C)c3nc(C(=O)N4CCN(C5=CCC=N5)C(=O)C4(C)C)cn3n2)ccc1F. The largest absolute Gasteiger partial charge is 0.321 e. The van der Waals surface area contributed by atoms with Gasteiger partial charge in [-0.25, -0.2) is 18.9 Å². The maximum Gasteiger partial charge on any atom is 0.275 e. The van der Waals surface area contributed by atoms with E-state index in [1.807, 2.05) is 12.1 Å². The van der Waals surface area contributed by atoms with E-state index in [2.05, 4.69) is 25.8 Å². The fourth-order valence-electron chi connectivity index (χ4n) is 4.85. The minimum absolute atomic E-state index is 0.177. The van der Waals surface area contributed by atoms with Crippen molar-refractivity contribution in [3.05, 3.63) is 65.0 Å². The summed E-state index contributed by atoms with van der Waals surface area (Å²) in [4.78, 5) is 39.3. The highest BCUT2D eigenvalue weighted by Crippen LogP contribution is 2.32. The maximum absolute atomic E-state index is 13.9. The number of carbonyl (C=O) groups excluding carboxylic acids is 2. The quantitative estimate of drug-likeness (QED) is 0.527. The number of hydrogen-bond donors (Lipinski definition) is 0. The number of rotatable bonds is 3. The summed E-state index contributed by atoms with van der Waals surface area (Å²) in [6, 6.07) is 6.84. The number of nitrogens with zero attached hydrogens (tertiary/aromatic N) is 6. The highest BCUT2D eigenvalue weighted by atomic mass is 19.1. The zero-order valence-corrected chi connectivity index (χ0v) is 22.0. The lowest BCUT2D eigenvalue weighted by molar-refractivity contribution is -0.143. The van der Waals surface area contributed by atoms with E-state index in [0.29, 0.717) is 42.2 Å². The van der Waals surface area contributed by atoms with Crippen LogP contribution in [0, 0.1) is 12.7 Å². The number of hydrogen-bond acceptors (Lipinski definition) is 5. The van der Waals surface area contributed by atoms with Crippen molar-refractivity contribution in [2.24, 2.45) is 4.99 Å². The van der Waals surface area contributed by atoms with Crippen molar-refractivity contribution >= 4 is 23.7 Å². The van der Waals surface area contributed by atoms with Crippen LogP contribution in [0.25, 0.3) is 16.9 Å². The molecule has 0 N–H and O–H groups in total. The Hall–Kier alpha value is -3.88. The Kier molecular flexibility index (Phi) is 5.77. The monoisotopic (exact) mass is 502 g/mol. The van der Waals surface area contributed by atoms with Crippen molar-refractivity contribution in [1.82, 2.24) is 24.4 Å². The van der Waals surface area contributed by atoms with E-state index in [-0.39, 0.29) is 28.7 Å². The molecule has 5 rings (SSSR count). The average Bonchev–Trinajstić information content (AvgIpc) is 3.51. The topological polar surface area (TPSA) is 83.2 Å². The number of allylic oxidation sites excluding steroid dienone is 1. The molecule has 0 radical (unpaired) electrons. The van der Waals surface area contributed by atoms with Crippen molar-refractivity contribution in [1.29, 1.82) is 0 Å². The molecule has 0 bridgehead atoms. The molecular weight excluding hydrogens is 471 g/mol. The van der Waals surface area contributed by atoms with E-state index in [1.54, 1.807) is 59.6 Å². The van der Waals surface area contributed by atoms with Gasteiger partial charge in [-0.15, -0.1) is 0 Å². The van der Waals surface area contributed by atoms with Crippen molar-refractivity contribution in [2.75, 3.05) is 13.1 Å². The van der Waals surface area contributed by atoms with E-state index in [1.165, 1.54) is 6.07 Å². The Morgan fingerprint density at radius 1 is 1.14 bits per heavy atom. The minimum atomic E-state index is -1.07. The van der Waals surface area contributed by atoms with E-state index in [9.17, 15) is 14.0 Å². The summed E-state index contributed by atoms with van der Waals surface area (Å²) in [5.74, 6) is -0.139. The predicted octanol–water partition coefficient (Wildman–Crippen LogP) is 4.52. The lowest BCUT2D eigenvalue weighted by Crippen LogP contribution is -2.64. The molecule has 0 atom stereocenters. The molecule has 2 aliphatic rings. The number of imidazole rings is 1. The summed E-state index contributed by atoms with van der Waals surface area (Å²) < 4.78 is 15.5. The smallest absolute Gasteiger partial charge is 0.275 e. The second-order valence-electron chi connectivity index (χ2n) is 11.1. The summed E-state index contributed by atoms with van der Waals surface area (Å²) in [6.45, 7) is 12.2. The predicted molar refractivity (Wildman–Crippen MR) is 140 cm³/mol. The number of aryl methyl sites for hydroxylation is 1. The van der Waals surface area contributed by atoms with Crippen molar-refractivity contribution in [2.45, 2.75) is 58.9 Å².